The molecule has 74 valence electrons. The van der Waals surface area contributed by atoms with Crippen molar-refractivity contribution < 1.29 is 4.74 Å². The molecule has 0 radical (unpaired) electrons. The van der Waals surface area contributed by atoms with Crippen LogP contribution in [0.4, 0.5) is 0 Å². The van der Waals surface area contributed by atoms with Gasteiger partial charge in [-0.3, -0.25) is 0 Å². The van der Waals surface area contributed by atoms with E-state index in [1.165, 1.54) is 0 Å². The van der Waals surface area contributed by atoms with Gasteiger partial charge < -0.3 is 15.8 Å². The molecule has 0 aliphatic rings. The van der Waals surface area contributed by atoms with Crippen molar-refractivity contribution in [1.29, 1.82) is 0 Å². The van der Waals surface area contributed by atoms with Crippen molar-refractivity contribution >= 4 is 0 Å². The molecule has 0 rings (SSSR count). The molecule has 0 heterocycles. The summed E-state index contributed by atoms with van der Waals surface area (Å²) in [5.74, 6) is 0. The number of rotatable bonds is 5. The third-order valence-electron chi connectivity index (χ3n) is 1.59. The first kappa shape index (κ1) is 11.9. The van der Waals surface area contributed by atoms with E-state index in [0.717, 1.165) is 19.6 Å². The van der Waals surface area contributed by atoms with E-state index in [1.807, 2.05) is 0 Å². The van der Waals surface area contributed by atoms with Gasteiger partial charge in [-0.25, -0.2) is 0 Å². The number of methoxy groups -OCH3 is 1. The third kappa shape index (κ3) is 7.98. The first-order valence-electron chi connectivity index (χ1n) is 4.45. The lowest BCUT2D eigenvalue weighted by Crippen LogP contribution is -2.44. The van der Waals surface area contributed by atoms with Gasteiger partial charge in [0, 0.05) is 31.8 Å². The van der Waals surface area contributed by atoms with Crippen molar-refractivity contribution in [2.75, 3.05) is 20.3 Å². The molecule has 0 aliphatic carbocycles. The Labute approximate surface area is 75.7 Å². The number of nitrogens with one attached hydrogen (secondary N) is 1. The fraction of sp³-hybridized carbons (Fsp3) is 1.00. The monoisotopic (exact) mass is 174 g/mol. The first-order valence-corrected chi connectivity index (χ1v) is 4.45. The minimum Gasteiger partial charge on any atom is -0.385 e. The summed E-state index contributed by atoms with van der Waals surface area (Å²) in [6.45, 7) is 8.00. The molecule has 0 amide bonds. The highest BCUT2D eigenvalue weighted by atomic mass is 16.5. The minimum absolute atomic E-state index is 0.157. The van der Waals surface area contributed by atoms with Crippen LogP contribution in [0, 0.1) is 0 Å². The molecule has 0 spiro atoms. The maximum absolute atomic E-state index is 5.82. The molecule has 1 unspecified atom stereocenters. The van der Waals surface area contributed by atoms with E-state index in [9.17, 15) is 0 Å². The van der Waals surface area contributed by atoms with Gasteiger partial charge in [0.05, 0.1) is 0 Å². The fourth-order valence-electron chi connectivity index (χ4n) is 0.809. The van der Waals surface area contributed by atoms with E-state index in [2.05, 4.69) is 26.1 Å². The van der Waals surface area contributed by atoms with Gasteiger partial charge in [-0.05, 0) is 27.2 Å². The Morgan fingerprint density at radius 2 is 2.00 bits per heavy atom. The predicted molar refractivity (Wildman–Crippen MR) is 52.2 cm³/mol. The van der Waals surface area contributed by atoms with E-state index in [4.69, 9.17) is 10.5 Å². The number of hydrogen-bond acceptors (Lipinski definition) is 3. The standard InChI is InChI=1S/C9H22N2O/c1-9(2,3)11-7-8(10)5-6-12-4/h8,11H,5-7,10H2,1-4H3. The zero-order valence-electron chi connectivity index (χ0n) is 8.68. The van der Waals surface area contributed by atoms with Crippen LogP contribution in [0.2, 0.25) is 0 Å². The van der Waals surface area contributed by atoms with Gasteiger partial charge in [0.15, 0.2) is 0 Å². The van der Waals surface area contributed by atoms with Crippen LogP contribution in [-0.4, -0.2) is 31.8 Å². The van der Waals surface area contributed by atoms with Gasteiger partial charge in [-0.2, -0.15) is 0 Å². The molecule has 0 aromatic heterocycles. The lowest BCUT2D eigenvalue weighted by Gasteiger charge is -2.23. The molecule has 0 saturated carbocycles. The second-order valence-electron chi connectivity index (χ2n) is 4.17. The van der Waals surface area contributed by atoms with Crippen molar-refractivity contribution in [2.45, 2.75) is 38.8 Å². The van der Waals surface area contributed by atoms with Crippen molar-refractivity contribution in [1.82, 2.24) is 5.32 Å². The van der Waals surface area contributed by atoms with E-state index >= 15 is 0 Å². The smallest absolute Gasteiger partial charge is 0.0477 e. The average molecular weight is 174 g/mol. The summed E-state index contributed by atoms with van der Waals surface area (Å²) in [5.41, 5.74) is 5.98. The Balaban J connectivity index is 3.37. The van der Waals surface area contributed by atoms with Crippen molar-refractivity contribution in [2.24, 2.45) is 5.73 Å². The Hall–Kier alpha value is -0.120. The lowest BCUT2D eigenvalue weighted by molar-refractivity contribution is 0.186. The van der Waals surface area contributed by atoms with Crippen LogP contribution < -0.4 is 11.1 Å². The van der Waals surface area contributed by atoms with Crippen LogP contribution in [-0.2, 0) is 4.74 Å². The van der Waals surface area contributed by atoms with E-state index in [-0.39, 0.29) is 11.6 Å². The Kier molecular flexibility index (Phi) is 5.46. The molecular weight excluding hydrogens is 152 g/mol. The van der Waals surface area contributed by atoms with Gasteiger partial charge in [-0.1, -0.05) is 0 Å². The molecule has 12 heavy (non-hydrogen) atoms. The number of nitrogens with two attached hydrogens (primary N) is 1. The second kappa shape index (κ2) is 5.51. The second-order valence-corrected chi connectivity index (χ2v) is 4.17. The van der Waals surface area contributed by atoms with Gasteiger partial charge >= 0.3 is 0 Å². The lowest BCUT2D eigenvalue weighted by atomic mass is 10.1. The van der Waals surface area contributed by atoms with Crippen LogP contribution >= 0.6 is 0 Å². The molecule has 3 heteroatoms. The quantitative estimate of drug-likeness (QED) is 0.646. The molecule has 0 bridgehead atoms. The molecule has 0 aromatic carbocycles. The van der Waals surface area contributed by atoms with Crippen LogP contribution in [0.5, 0.6) is 0 Å². The normalized spacial score (nSPS) is 14.8. The van der Waals surface area contributed by atoms with Gasteiger partial charge in [0.1, 0.15) is 0 Å². The molecule has 3 nitrogen and oxygen atoms in total. The molecule has 0 fully saturated rings. The molecule has 0 saturated heterocycles. The van der Waals surface area contributed by atoms with Gasteiger partial charge in [0.2, 0.25) is 0 Å². The summed E-state index contributed by atoms with van der Waals surface area (Å²) in [6, 6.07) is 0.198. The van der Waals surface area contributed by atoms with Crippen LogP contribution in [0.15, 0.2) is 0 Å². The maximum atomic E-state index is 5.82. The van der Waals surface area contributed by atoms with Gasteiger partial charge in [0.25, 0.3) is 0 Å². The largest absolute Gasteiger partial charge is 0.385 e. The summed E-state index contributed by atoms with van der Waals surface area (Å²) in [6.07, 6.45) is 0.916. The summed E-state index contributed by atoms with van der Waals surface area (Å²) in [5, 5.41) is 3.35. The van der Waals surface area contributed by atoms with E-state index in [1.54, 1.807) is 7.11 Å². The van der Waals surface area contributed by atoms with Crippen LogP contribution in [0.25, 0.3) is 0 Å². The third-order valence-corrected chi connectivity index (χ3v) is 1.59. The summed E-state index contributed by atoms with van der Waals surface area (Å²) >= 11 is 0. The van der Waals surface area contributed by atoms with E-state index < -0.39 is 0 Å². The highest BCUT2D eigenvalue weighted by Crippen LogP contribution is 1.98. The zero-order chi connectivity index (χ0) is 9.61. The average Bonchev–Trinajstić information content (AvgIpc) is 1.95. The molecular formula is C9H22N2O. The summed E-state index contributed by atoms with van der Waals surface area (Å²) in [7, 11) is 1.70. The molecule has 3 N–H and O–H groups in total. The number of hydrogen-bond donors (Lipinski definition) is 2. The van der Waals surface area contributed by atoms with Crippen LogP contribution in [0.1, 0.15) is 27.2 Å². The minimum atomic E-state index is 0.157. The fourth-order valence-corrected chi connectivity index (χ4v) is 0.809. The highest BCUT2D eigenvalue weighted by molar-refractivity contribution is 4.74. The number of ether oxygens (including phenoxy) is 1. The highest BCUT2D eigenvalue weighted by Gasteiger charge is 2.10. The van der Waals surface area contributed by atoms with Crippen LogP contribution in [0.3, 0.4) is 0 Å². The van der Waals surface area contributed by atoms with Crippen molar-refractivity contribution in [3.63, 3.8) is 0 Å². The summed E-state index contributed by atoms with van der Waals surface area (Å²) < 4.78 is 4.94. The Morgan fingerprint density at radius 1 is 1.42 bits per heavy atom. The first-order chi connectivity index (χ1) is 5.45. The van der Waals surface area contributed by atoms with Crippen molar-refractivity contribution in [3.05, 3.63) is 0 Å². The predicted octanol–water partition coefficient (Wildman–Crippen LogP) is 0.738. The van der Waals surface area contributed by atoms with E-state index in [0.29, 0.717) is 0 Å². The zero-order valence-corrected chi connectivity index (χ0v) is 8.68. The van der Waals surface area contributed by atoms with Gasteiger partial charge in [-0.15, -0.1) is 0 Å². The molecule has 0 aromatic rings. The SMILES string of the molecule is COCCC(N)CNC(C)(C)C. The Bertz CT molecular complexity index is 110. The molecule has 1 atom stereocenters. The summed E-state index contributed by atoms with van der Waals surface area (Å²) in [4.78, 5) is 0. The Morgan fingerprint density at radius 3 is 2.42 bits per heavy atom. The topological polar surface area (TPSA) is 47.3 Å². The maximum Gasteiger partial charge on any atom is 0.0477 e. The molecule has 0 aliphatic heterocycles. The van der Waals surface area contributed by atoms with Crippen molar-refractivity contribution in [3.8, 4) is 0 Å².